The molecule has 0 spiro atoms. The summed E-state index contributed by atoms with van der Waals surface area (Å²) in [7, 11) is 0. The molecular formula is C15H11N3O2. The molecule has 0 bridgehead atoms. The molecule has 2 N–H and O–H groups in total. The first-order chi connectivity index (χ1) is 9.83. The number of ether oxygens (including phenoxy) is 1. The SMILES string of the molecule is O=C1Nc2ncccc2OC1c1c[nH]c2ccccc12. The third kappa shape index (κ3) is 1.56. The van der Waals surface area contributed by atoms with Gasteiger partial charge in [0.05, 0.1) is 0 Å². The van der Waals surface area contributed by atoms with Gasteiger partial charge in [0.1, 0.15) is 0 Å². The number of benzene rings is 1. The Hall–Kier alpha value is -2.82. The number of anilines is 1. The molecule has 1 aliphatic heterocycles. The summed E-state index contributed by atoms with van der Waals surface area (Å²) >= 11 is 0. The van der Waals surface area contributed by atoms with Gasteiger partial charge >= 0.3 is 0 Å². The van der Waals surface area contributed by atoms with Crippen LogP contribution in [-0.4, -0.2) is 15.9 Å². The van der Waals surface area contributed by atoms with Crippen molar-refractivity contribution < 1.29 is 9.53 Å². The maximum absolute atomic E-state index is 12.2. The van der Waals surface area contributed by atoms with Crippen LogP contribution >= 0.6 is 0 Å². The second-order valence-electron chi connectivity index (χ2n) is 4.63. The normalized spacial score (nSPS) is 17.4. The van der Waals surface area contributed by atoms with Crippen LogP contribution in [0, 0.1) is 0 Å². The molecule has 98 valence electrons. The molecule has 5 heteroatoms. The molecule has 0 radical (unpaired) electrons. The first-order valence-electron chi connectivity index (χ1n) is 6.31. The second-order valence-corrected chi connectivity index (χ2v) is 4.63. The molecule has 2 aromatic heterocycles. The molecule has 1 aromatic carbocycles. The number of hydrogen-bond donors (Lipinski definition) is 2. The Morgan fingerprint density at radius 2 is 2.05 bits per heavy atom. The molecule has 1 unspecified atom stereocenters. The molecule has 1 amide bonds. The Morgan fingerprint density at radius 1 is 1.15 bits per heavy atom. The van der Waals surface area contributed by atoms with Crippen molar-refractivity contribution in [1.82, 2.24) is 9.97 Å². The van der Waals surface area contributed by atoms with Crippen LogP contribution < -0.4 is 10.1 Å². The highest BCUT2D eigenvalue weighted by molar-refractivity contribution is 6.00. The fourth-order valence-corrected chi connectivity index (χ4v) is 2.46. The van der Waals surface area contributed by atoms with Crippen molar-refractivity contribution in [2.24, 2.45) is 0 Å². The van der Waals surface area contributed by atoms with Gasteiger partial charge in [-0.1, -0.05) is 18.2 Å². The summed E-state index contributed by atoms with van der Waals surface area (Å²) in [6, 6.07) is 11.4. The maximum atomic E-state index is 12.2. The van der Waals surface area contributed by atoms with Crippen LogP contribution in [0.4, 0.5) is 5.82 Å². The Kier molecular flexibility index (Phi) is 2.26. The highest BCUT2D eigenvalue weighted by atomic mass is 16.5. The van der Waals surface area contributed by atoms with E-state index in [-0.39, 0.29) is 5.91 Å². The van der Waals surface area contributed by atoms with E-state index in [9.17, 15) is 4.79 Å². The second kappa shape index (κ2) is 4.09. The van der Waals surface area contributed by atoms with Crippen molar-refractivity contribution in [3.63, 3.8) is 0 Å². The van der Waals surface area contributed by atoms with Crippen molar-refractivity contribution in [3.05, 3.63) is 54.4 Å². The van der Waals surface area contributed by atoms with E-state index >= 15 is 0 Å². The van der Waals surface area contributed by atoms with Crippen LogP contribution in [0.15, 0.2) is 48.8 Å². The number of pyridine rings is 1. The number of aromatic nitrogens is 2. The number of rotatable bonds is 1. The topological polar surface area (TPSA) is 67.0 Å². The number of carbonyl (C=O) groups excluding carboxylic acids is 1. The summed E-state index contributed by atoms with van der Waals surface area (Å²) in [6.45, 7) is 0. The van der Waals surface area contributed by atoms with E-state index in [0.29, 0.717) is 11.6 Å². The van der Waals surface area contributed by atoms with Crippen molar-refractivity contribution in [2.45, 2.75) is 6.10 Å². The minimum Gasteiger partial charge on any atom is -0.472 e. The van der Waals surface area contributed by atoms with Gasteiger partial charge in [-0.2, -0.15) is 0 Å². The van der Waals surface area contributed by atoms with E-state index in [1.807, 2.05) is 30.5 Å². The summed E-state index contributed by atoms with van der Waals surface area (Å²) in [6.07, 6.45) is 2.77. The fraction of sp³-hybridized carbons (Fsp3) is 0.0667. The Bertz CT molecular complexity index is 809. The van der Waals surface area contributed by atoms with E-state index in [1.54, 1.807) is 18.3 Å². The largest absolute Gasteiger partial charge is 0.472 e. The summed E-state index contributed by atoms with van der Waals surface area (Å²) in [5.74, 6) is 0.844. The number of fused-ring (bicyclic) bond motifs is 2. The highest BCUT2D eigenvalue weighted by Crippen LogP contribution is 2.35. The van der Waals surface area contributed by atoms with E-state index in [0.717, 1.165) is 16.5 Å². The summed E-state index contributed by atoms with van der Waals surface area (Å²) < 4.78 is 5.80. The molecule has 0 aliphatic carbocycles. The number of aromatic amines is 1. The van der Waals surface area contributed by atoms with Crippen molar-refractivity contribution >= 4 is 22.6 Å². The van der Waals surface area contributed by atoms with E-state index < -0.39 is 6.10 Å². The van der Waals surface area contributed by atoms with Gasteiger partial charge in [-0.25, -0.2) is 4.98 Å². The van der Waals surface area contributed by atoms with E-state index in [1.165, 1.54) is 0 Å². The van der Waals surface area contributed by atoms with Gasteiger partial charge in [0, 0.05) is 28.9 Å². The van der Waals surface area contributed by atoms with Crippen molar-refractivity contribution in [3.8, 4) is 5.75 Å². The smallest absolute Gasteiger partial charge is 0.271 e. The van der Waals surface area contributed by atoms with Crippen LogP contribution in [-0.2, 0) is 4.79 Å². The molecule has 0 saturated carbocycles. The first kappa shape index (κ1) is 11.0. The zero-order chi connectivity index (χ0) is 13.5. The van der Waals surface area contributed by atoms with Gasteiger partial charge in [-0.05, 0) is 18.2 Å². The number of para-hydroxylation sites is 1. The Balaban J connectivity index is 1.81. The van der Waals surface area contributed by atoms with E-state index in [2.05, 4.69) is 15.3 Å². The van der Waals surface area contributed by atoms with Gasteiger partial charge in [0.25, 0.3) is 5.91 Å². The molecule has 1 atom stereocenters. The van der Waals surface area contributed by atoms with E-state index in [4.69, 9.17) is 4.74 Å². The molecule has 3 aromatic rings. The van der Waals surface area contributed by atoms with Crippen LogP contribution in [0.3, 0.4) is 0 Å². The quantitative estimate of drug-likeness (QED) is 0.710. The molecule has 0 saturated heterocycles. The molecular weight excluding hydrogens is 254 g/mol. The molecule has 3 heterocycles. The number of nitrogens with one attached hydrogen (secondary N) is 2. The molecule has 4 rings (SSSR count). The summed E-state index contributed by atoms with van der Waals surface area (Å²) in [5, 5.41) is 3.76. The lowest BCUT2D eigenvalue weighted by Gasteiger charge is -2.24. The van der Waals surface area contributed by atoms with Crippen molar-refractivity contribution in [2.75, 3.05) is 5.32 Å². The number of H-pyrrole nitrogens is 1. The Labute approximate surface area is 114 Å². The zero-order valence-corrected chi connectivity index (χ0v) is 10.5. The van der Waals surface area contributed by atoms with Gasteiger partial charge < -0.3 is 15.0 Å². The van der Waals surface area contributed by atoms with Crippen LogP contribution in [0.1, 0.15) is 11.7 Å². The van der Waals surface area contributed by atoms with Gasteiger partial charge in [-0.3, -0.25) is 4.79 Å². The minimum absolute atomic E-state index is 0.207. The Morgan fingerprint density at radius 3 is 3.00 bits per heavy atom. The molecule has 1 aliphatic rings. The monoisotopic (exact) mass is 265 g/mol. The van der Waals surface area contributed by atoms with Crippen LogP contribution in [0.5, 0.6) is 5.75 Å². The van der Waals surface area contributed by atoms with Gasteiger partial charge in [0.15, 0.2) is 11.6 Å². The number of amides is 1. The lowest BCUT2D eigenvalue weighted by atomic mass is 10.1. The first-order valence-corrected chi connectivity index (χ1v) is 6.31. The number of hydrogen-bond acceptors (Lipinski definition) is 3. The predicted molar refractivity (Wildman–Crippen MR) is 74.5 cm³/mol. The summed E-state index contributed by atoms with van der Waals surface area (Å²) in [5.41, 5.74) is 1.81. The van der Waals surface area contributed by atoms with Gasteiger partial charge in [0.2, 0.25) is 6.10 Å². The van der Waals surface area contributed by atoms with Crippen molar-refractivity contribution in [1.29, 1.82) is 0 Å². The average molecular weight is 265 g/mol. The third-order valence-electron chi connectivity index (χ3n) is 3.40. The lowest BCUT2D eigenvalue weighted by molar-refractivity contribution is -0.123. The zero-order valence-electron chi connectivity index (χ0n) is 10.5. The number of nitrogens with zero attached hydrogens (tertiary/aromatic N) is 1. The summed E-state index contributed by atoms with van der Waals surface area (Å²) in [4.78, 5) is 19.4. The molecule has 20 heavy (non-hydrogen) atoms. The molecule has 0 fully saturated rings. The van der Waals surface area contributed by atoms with Crippen LogP contribution in [0.25, 0.3) is 10.9 Å². The minimum atomic E-state index is -0.664. The highest BCUT2D eigenvalue weighted by Gasteiger charge is 2.31. The standard InChI is InChI=1S/C15H11N3O2/c19-15-13(20-12-6-3-7-16-14(12)18-15)10-8-17-11-5-2-1-4-9(10)11/h1-8,13,17H,(H,16,18,19). The molecule has 5 nitrogen and oxygen atoms in total. The lowest BCUT2D eigenvalue weighted by Crippen LogP contribution is -2.30. The maximum Gasteiger partial charge on any atom is 0.271 e. The predicted octanol–water partition coefficient (Wildman–Crippen LogP) is 2.64. The third-order valence-corrected chi connectivity index (χ3v) is 3.40. The van der Waals surface area contributed by atoms with Crippen LogP contribution in [0.2, 0.25) is 0 Å². The number of carbonyl (C=O) groups is 1. The average Bonchev–Trinajstić information content (AvgIpc) is 2.90. The fourth-order valence-electron chi connectivity index (χ4n) is 2.46. The van der Waals surface area contributed by atoms with Gasteiger partial charge in [-0.15, -0.1) is 0 Å².